The van der Waals surface area contributed by atoms with E-state index in [1.54, 1.807) is 24.8 Å². The maximum atomic E-state index is 5.90. The highest BCUT2D eigenvalue weighted by Gasteiger charge is 2.29. The molecule has 0 aliphatic heterocycles. The highest BCUT2D eigenvalue weighted by molar-refractivity contribution is 5.74. The van der Waals surface area contributed by atoms with Gasteiger partial charge in [-0.05, 0) is 31.9 Å². The van der Waals surface area contributed by atoms with Crippen LogP contribution in [0.2, 0.25) is 0 Å². The largest absolute Gasteiger partial charge is 0.384 e. The van der Waals surface area contributed by atoms with Gasteiger partial charge >= 0.3 is 0 Å². The molecule has 1 aliphatic rings. The quantitative estimate of drug-likeness (QED) is 0.499. The number of rotatable bonds is 5. The summed E-state index contributed by atoms with van der Waals surface area (Å²) >= 11 is 0. The summed E-state index contributed by atoms with van der Waals surface area (Å²) in [6, 6.07) is 5.53. The van der Waals surface area contributed by atoms with Gasteiger partial charge in [-0.15, -0.1) is 0 Å². The van der Waals surface area contributed by atoms with E-state index in [-0.39, 0.29) is 6.04 Å². The first-order chi connectivity index (χ1) is 13.2. The van der Waals surface area contributed by atoms with E-state index in [9.17, 15) is 0 Å². The molecule has 1 aliphatic carbocycles. The van der Waals surface area contributed by atoms with E-state index in [0.717, 1.165) is 28.2 Å². The molecule has 0 aromatic carbocycles. The number of nitrogens with zero attached hydrogens (tertiary/aromatic N) is 6. The number of aromatic nitrogens is 7. The van der Waals surface area contributed by atoms with Gasteiger partial charge in [0, 0.05) is 23.9 Å². The molecule has 0 saturated heterocycles. The molecule has 1 saturated carbocycles. The Morgan fingerprint density at radius 3 is 2.93 bits per heavy atom. The van der Waals surface area contributed by atoms with Crippen LogP contribution in [0.3, 0.4) is 0 Å². The van der Waals surface area contributed by atoms with Crippen molar-refractivity contribution in [3.8, 4) is 0 Å². The third-order valence-corrected chi connectivity index (χ3v) is 4.87. The Kier molecular flexibility index (Phi) is 3.52. The molecule has 9 heteroatoms. The molecule has 1 atom stereocenters. The lowest BCUT2D eigenvalue weighted by Crippen LogP contribution is -2.25. The second-order valence-electron chi connectivity index (χ2n) is 6.81. The van der Waals surface area contributed by atoms with Crippen LogP contribution in [0.5, 0.6) is 0 Å². The molecule has 4 aromatic heterocycles. The molecule has 0 unspecified atom stereocenters. The minimum absolute atomic E-state index is 0.164. The number of fused-ring (bicyclic) bond motifs is 1. The van der Waals surface area contributed by atoms with Gasteiger partial charge in [-0.1, -0.05) is 0 Å². The summed E-state index contributed by atoms with van der Waals surface area (Å²) < 4.78 is 0. The third-order valence-electron chi connectivity index (χ3n) is 4.87. The maximum absolute atomic E-state index is 5.90. The number of hydrogen-bond donors (Lipinski definition) is 3. The van der Waals surface area contributed by atoms with Crippen molar-refractivity contribution in [3.05, 3.63) is 48.3 Å². The Bertz CT molecular complexity index is 1090. The molecule has 0 bridgehead atoms. The topological polar surface area (TPSA) is 125 Å². The van der Waals surface area contributed by atoms with Crippen LogP contribution in [0.25, 0.3) is 11.0 Å². The summed E-state index contributed by atoms with van der Waals surface area (Å²) in [5.74, 6) is 2.22. The van der Waals surface area contributed by atoms with Crippen molar-refractivity contribution in [2.45, 2.75) is 31.7 Å². The lowest BCUT2D eigenvalue weighted by atomic mass is 10.1. The van der Waals surface area contributed by atoms with E-state index in [4.69, 9.17) is 5.73 Å². The van der Waals surface area contributed by atoms with Gasteiger partial charge in [0.25, 0.3) is 0 Å². The fourth-order valence-electron chi connectivity index (χ4n) is 3.21. The summed E-state index contributed by atoms with van der Waals surface area (Å²) in [7, 11) is 0. The van der Waals surface area contributed by atoms with Crippen molar-refractivity contribution in [1.82, 2.24) is 35.1 Å². The van der Waals surface area contributed by atoms with E-state index in [2.05, 4.69) is 41.2 Å². The van der Waals surface area contributed by atoms with Crippen LogP contribution in [0.4, 0.5) is 17.6 Å². The number of imidazole rings is 1. The van der Waals surface area contributed by atoms with Crippen molar-refractivity contribution in [2.75, 3.05) is 10.6 Å². The van der Waals surface area contributed by atoms with Gasteiger partial charge < -0.3 is 10.7 Å². The van der Waals surface area contributed by atoms with Crippen molar-refractivity contribution >= 4 is 28.6 Å². The van der Waals surface area contributed by atoms with E-state index in [1.165, 1.54) is 12.8 Å². The van der Waals surface area contributed by atoms with Crippen LogP contribution in [0, 0.1) is 0 Å². The van der Waals surface area contributed by atoms with Crippen LogP contribution >= 0.6 is 0 Å². The number of anilines is 3. The molecule has 4 aromatic rings. The van der Waals surface area contributed by atoms with E-state index in [0.29, 0.717) is 17.7 Å². The van der Waals surface area contributed by atoms with Crippen LogP contribution in [-0.2, 0) is 0 Å². The molecule has 27 heavy (non-hydrogen) atoms. The summed E-state index contributed by atoms with van der Waals surface area (Å²) in [4.78, 5) is 22.7. The average molecular weight is 361 g/mol. The first kappa shape index (κ1) is 15.7. The molecule has 0 amide bonds. The Morgan fingerprint density at radius 1 is 1.22 bits per heavy atom. The number of nitrogens with two attached hydrogens (primary N) is 1. The maximum Gasteiger partial charge on any atom is 0.233 e. The average Bonchev–Trinajstić information content (AvgIpc) is 3.22. The number of aromatic amines is 2. The van der Waals surface area contributed by atoms with Crippen LogP contribution in [-0.4, -0.2) is 35.1 Å². The number of H-pyrrole nitrogens is 2. The molecule has 9 nitrogen and oxygen atoms in total. The predicted molar refractivity (Wildman–Crippen MR) is 101 cm³/mol. The molecule has 136 valence electrons. The number of nitrogen functional groups attached to an aromatic ring is 1. The lowest BCUT2D eigenvalue weighted by molar-refractivity contribution is 0.715. The van der Waals surface area contributed by atoms with Crippen molar-refractivity contribution in [2.24, 2.45) is 0 Å². The number of pyridine rings is 1. The van der Waals surface area contributed by atoms with Gasteiger partial charge in [-0.25, -0.2) is 9.97 Å². The Balaban J connectivity index is 1.58. The molecule has 5 rings (SSSR count). The molecule has 0 radical (unpaired) electrons. The fraction of sp³-hybridized carbons (Fsp3) is 0.278. The third kappa shape index (κ3) is 2.86. The standard InChI is InChI=1S/C18H19N9/c1-10(12-6-14-15(8-21-12)23-9-22-14)27(18-20-5-4-16(19)24-18)17-7-13(25-26-17)11-2-3-11/h4-11H,2-3H2,1H3,(H,22,23)(H,25,26)(H2,19,20,24)/t10-/m0/s1. The highest BCUT2D eigenvalue weighted by atomic mass is 15.4. The monoisotopic (exact) mass is 361 g/mol. The van der Waals surface area contributed by atoms with E-state index in [1.807, 2.05) is 17.9 Å². The fourth-order valence-corrected chi connectivity index (χ4v) is 3.21. The van der Waals surface area contributed by atoms with Gasteiger partial charge in [-0.2, -0.15) is 10.1 Å². The SMILES string of the molecule is C[C@@H](c1cc2nc[nH]c2cn1)N(c1cc(C2CC2)[nH]n1)c1nccc(N)n1. The molecular formula is C18H19N9. The molecular weight excluding hydrogens is 342 g/mol. The Labute approximate surface area is 155 Å². The van der Waals surface area contributed by atoms with Crippen LogP contribution < -0.4 is 10.6 Å². The van der Waals surface area contributed by atoms with Gasteiger partial charge in [0.1, 0.15) is 5.82 Å². The van der Waals surface area contributed by atoms with Crippen molar-refractivity contribution < 1.29 is 0 Å². The molecule has 4 heterocycles. The van der Waals surface area contributed by atoms with Gasteiger partial charge in [0.2, 0.25) is 5.95 Å². The molecule has 1 fully saturated rings. The van der Waals surface area contributed by atoms with Gasteiger partial charge in [-0.3, -0.25) is 15.0 Å². The number of nitrogens with one attached hydrogen (secondary N) is 2. The second kappa shape index (κ2) is 6.04. The second-order valence-corrected chi connectivity index (χ2v) is 6.81. The zero-order valence-corrected chi connectivity index (χ0v) is 14.8. The van der Waals surface area contributed by atoms with Gasteiger partial charge in [0.05, 0.1) is 35.3 Å². The zero-order chi connectivity index (χ0) is 18.4. The van der Waals surface area contributed by atoms with Crippen LogP contribution in [0.1, 0.15) is 43.1 Å². The van der Waals surface area contributed by atoms with Crippen molar-refractivity contribution in [3.63, 3.8) is 0 Å². The summed E-state index contributed by atoms with van der Waals surface area (Å²) in [5, 5.41) is 7.66. The van der Waals surface area contributed by atoms with E-state index >= 15 is 0 Å². The zero-order valence-electron chi connectivity index (χ0n) is 14.8. The van der Waals surface area contributed by atoms with E-state index < -0.39 is 0 Å². The van der Waals surface area contributed by atoms with Gasteiger partial charge in [0.15, 0.2) is 5.82 Å². The summed E-state index contributed by atoms with van der Waals surface area (Å²) in [5.41, 5.74) is 9.64. The highest BCUT2D eigenvalue weighted by Crippen LogP contribution is 2.41. The van der Waals surface area contributed by atoms with Crippen LogP contribution in [0.15, 0.2) is 36.9 Å². The minimum atomic E-state index is -0.164. The first-order valence-corrected chi connectivity index (χ1v) is 8.91. The lowest BCUT2D eigenvalue weighted by Gasteiger charge is -2.26. The molecule has 0 spiro atoms. The minimum Gasteiger partial charge on any atom is -0.384 e. The first-order valence-electron chi connectivity index (χ1n) is 8.91. The summed E-state index contributed by atoms with van der Waals surface area (Å²) in [6.07, 6.45) is 7.49. The molecule has 4 N–H and O–H groups in total. The number of hydrogen-bond acceptors (Lipinski definition) is 7. The van der Waals surface area contributed by atoms with Crippen molar-refractivity contribution in [1.29, 1.82) is 0 Å². The smallest absolute Gasteiger partial charge is 0.233 e. The Morgan fingerprint density at radius 2 is 2.11 bits per heavy atom. The Hall–Kier alpha value is -3.49. The predicted octanol–water partition coefficient (Wildman–Crippen LogP) is 2.83. The summed E-state index contributed by atoms with van der Waals surface area (Å²) in [6.45, 7) is 2.04. The normalized spacial score (nSPS) is 15.1.